The Morgan fingerprint density at radius 1 is 1.29 bits per heavy atom. The van der Waals surface area contributed by atoms with Crippen LogP contribution in [0.5, 0.6) is 5.75 Å². The lowest BCUT2D eigenvalue weighted by Gasteiger charge is -2.38. The van der Waals surface area contributed by atoms with Gasteiger partial charge in [0, 0.05) is 43.8 Å². The van der Waals surface area contributed by atoms with E-state index in [0.29, 0.717) is 48.4 Å². The summed E-state index contributed by atoms with van der Waals surface area (Å²) in [5, 5.41) is 17.0. The molecule has 1 fully saturated rings. The average molecular weight is 503 g/mol. The van der Waals surface area contributed by atoms with Crippen molar-refractivity contribution in [3.63, 3.8) is 0 Å². The molecule has 2 aromatic rings. The molecule has 0 bridgehead atoms. The van der Waals surface area contributed by atoms with Gasteiger partial charge in [0.1, 0.15) is 17.3 Å². The first-order valence-electron chi connectivity index (χ1n) is 11.5. The van der Waals surface area contributed by atoms with E-state index in [1.54, 1.807) is 22.6 Å². The molecule has 190 valence electrons. The van der Waals surface area contributed by atoms with Gasteiger partial charge in [-0.25, -0.2) is 4.98 Å². The van der Waals surface area contributed by atoms with Gasteiger partial charge >= 0.3 is 0 Å². The quantitative estimate of drug-likeness (QED) is 0.379. The molecule has 9 nitrogen and oxygen atoms in total. The smallest absolute Gasteiger partial charge is 0.269 e. The summed E-state index contributed by atoms with van der Waals surface area (Å²) in [4.78, 5) is 32.9. The molecule has 2 heterocycles. The van der Waals surface area contributed by atoms with Crippen LogP contribution in [-0.2, 0) is 23.8 Å². The number of likely N-dealkylation sites (tertiary alicyclic amines) is 1. The Morgan fingerprint density at radius 3 is 2.60 bits per heavy atom. The second-order valence-corrected chi connectivity index (χ2v) is 10.6. The van der Waals surface area contributed by atoms with Crippen molar-refractivity contribution in [1.29, 1.82) is 0 Å². The van der Waals surface area contributed by atoms with Gasteiger partial charge in [-0.05, 0) is 31.1 Å². The zero-order valence-corrected chi connectivity index (χ0v) is 22.0. The van der Waals surface area contributed by atoms with Gasteiger partial charge in [-0.15, -0.1) is 0 Å². The van der Waals surface area contributed by atoms with Crippen LogP contribution in [0.2, 0.25) is 5.02 Å². The molecule has 0 unspecified atom stereocenters. The minimum atomic E-state index is -0.240. The number of rotatable bonds is 8. The molecule has 3 N–H and O–H groups in total. The highest BCUT2D eigenvalue weighted by Gasteiger charge is 2.31. The number of likely N-dealkylation sites (N-methyl/N-ethyl adjacent to an activating group) is 1. The molecule has 10 heteroatoms. The number of phenols is 1. The number of nitrogens with zero attached hydrogens (tertiary/aromatic N) is 4. The summed E-state index contributed by atoms with van der Waals surface area (Å²) in [6.45, 7) is 8.14. The molecule has 1 saturated heterocycles. The van der Waals surface area contributed by atoms with Gasteiger partial charge in [0.05, 0.1) is 24.5 Å². The molecular weight excluding hydrogens is 468 g/mol. The second-order valence-electron chi connectivity index (χ2n) is 10.1. The third-order valence-corrected chi connectivity index (χ3v) is 6.22. The number of imidazole rings is 1. The van der Waals surface area contributed by atoms with Crippen LogP contribution in [0.1, 0.15) is 42.6 Å². The molecular formula is C25H35ClN6O3. The largest absolute Gasteiger partial charge is 0.506 e. The van der Waals surface area contributed by atoms with Gasteiger partial charge in [0.2, 0.25) is 5.91 Å². The van der Waals surface area contributed by atoms with Crippen molar-refractivity contribution in [3.05, 3.63) is 52.6 Å². The Balaban J connectivity index is 1.56. The molecule has 2 amide bonds. The van der Waals surface area contributed by atoms with Crippen LogP contribution in [0.3, 0.4) is 0 Å². The maximum Gasteiger partial charge on any atom is 0.269 e. The van der Waals surface area contributed by atoms with E-state index < -0.39 is 0 Å². The number of anilines is 1. The standard InChI is InChI=1S/C25H35ClN6O3/c1-25(2,3)17-10-19(21(33)11-18(17)26)27-13-22-28-12-20(31(22)6)24(35)29-16-14-32(15-16)23(34)8-7-9-30(4)5/h7-8,10-12,16,27,33H,9,13-15H2,1-6H3,(H,29,35)/b8-7+. The molecule has 3 rings (SSSR count). The van der Waals surface area contributed by atoms with Crippen molar-refractivity contribution in [3.8, 4) is 5.75 Å². The van der Waals surface area contributed by atoms with Gasteiger partial charge in [0.15, 0.2) is 0 Å². The summed E-state index contributed by atoms with van der Waals surface area (Å²) in [6.07, 6.45) is 4.93. The molecule has 0 radical (unpaired) electrons. The van der Waals surface area contributed by atoms with Crippen LogP contribution in [0.25, 0.3) is 0 Å². The lowest BCUT2D eigenvalue weighted by molar-refractivity contribution is -0.130. The summed E-state index contributed by atoms with van der Waals surface area (Å²) >= 11 is 6.31. The zero-order chi connectivity index (χ0) is 25.9. The number of nitrogens with one attached hydrogen (secondary N) is 2. The number of amides is 2. The predicted molar refractivity (Wildman–Crippen MR) is 138 cm³/mol. The number of benzene rings is 1. The molecule has 1 aromatic carbocycles. The molecule has 0 atom stereocenters. The number of carbonyl (C=O) groups excluding carboxylic acids is 2. The summed E-state index contributed by atoms with van der Waals surface area (Å²) in [5.74, 6) is 0.399. The van der Waals surface area contributed by atoms with Crippen LogP contribution in [0, 0.1) is 0 Å². The lowest BCUT2D eigenvalue weighted by atomic mass is 9.86. The molecule has 0 aliphatic carbocycles. The predicted octanol–water partition coefficient (Wildman–Crippen LogP) is 2.75. The summed E-state index contributed by atoms with van der Waals surface area (Å²) in [7, 11) is 5.65. The van der Waals surface area contributed by atoms with E-state index in [-0.39, 0.29) is 29.0 Å². The molecule has 0 spiro atoms. The van der Waals surface area contributed by atoms with Crippen molar-refractivity contribution >= 4 is 29.1 Å². The van der Waals surface area contributed by atoms with Crippen molar-refractivity contribution in [2.45, 2.75) is 38.8 Å². The molecule has 1 aromatic heterocycles. The first-order valence-corrected chi connectivity index (χ1v) is 11.9. The average Bonchev–Trinajstić information content (AvgIpc) is 3.08. The fraction of sp³-hybridized carbons (Fsp3) is 0.480. The van der Waals surface area contributed by atoms with E-state index in [4.69, 9.17) is 11.6 Å². The molecule has 1 aliphatic heterocycles. The van der Waals surface area contributed by atoms with Crippen LogP contribution >= 0.6 is 11.6 Å². The van der Waals surface area contributed by atoms with E-state index >= 15 is 0 Å². The number of aromatic hydroxyl groups is 1. The Morgan fingerprint density at radius 2 is 1.97 bits per heavy atom. The maximum absolute atomic E-state index is 12.8. The minimum Gasteiger partial charge on any atom is -0.506 e. The Kier molecular flexibility index (Phi) is 8.12. The Labute approximate surface area is 211 Å². The molecule has 35 heavy (non-hydrogen) atoms. The van der Waals surface area contributed by atoms with E-state index in [1.807, 2.05) is 31.1 Å². The van der Waals surface area contributed by atoms with Crippen molar-refractivity contribution in [2.24, 2.45) is 7.05 Å². The SMILES string of the molecule is CN(C)C/C=C/C(=O)N1CC(NC(=O)c2cnc(CNc3cc(C(C)(C)C)c(Cl)cc3O)n2C)C1. The number of carbonyl (C=O) groups is 2. The molecule has 1 aliphatic rings. The van der Waals surface area contributed by atoms with Gasteiger partial charge in [0.25, 0.3) is 5.91 Å². The number of hydrogen-bond donors (Lipinski definition) is 3. The number of halogens is 1. The van der Waals surface area contributed by atoms with Crippen molar-refractivity contribution < 1.29 is 14.7 Å². The zero-order valence-electron chi connectivity index (χ0n) is 21.2. The van der Waals surface area contributed by atoms with Crippen molar-refractivity contribution in [1.82, 2.24) is 24.7 Å². The van der Waals surface area contributed by atoms with E-state index in [0.717, 1.165) is 5.56 Å². The van der Waals surface area contributed by atoms with Gasteiger partial charge in [-0.3, -0.25) is 9.59 Å². The number of hydrogen-bond acceptors (Lipinski definition) is 6. The first-order chi connectivity index (χ1) is 16.4. The van der Waals surface area contributed by atoms with Crippen LogP contribution in [-0.4, -0.2) is 76.0 Å². The summed E-state index contributed by atoms with van der Waals surface area (Å²) in [6, 6.07) is 3.28. The van der Waals surface area contributed by atoms with Crippen molar-refractivity contribution in [2.75, 3.05) is 39.0 Å². The van der Waals surface area contributed by atoms with E-state index in [9.17, 15) is 14.7 Å². The minimum absolute atomic E-state index is 0.0497. The van der Waals surface area contributed by atoms with Gasteiger partial charge < -0.3 is 30.1 Å². The Hall–Kier alpha value is -3.04. The fourth-order valence-electron chi connectivity index (χ4n) is 3.76. The third-order valence-electron chi connectivity index (χ3n) is 5.91. The highest BCUT2D eigenvalue weighted by molar-refractivity contribution is 6.31. The second kappa shape index (κ2) is 10.7. The van der Waals surface area contributed by atoms with E-state index in [1.165, 1.54) is 12.3 Å². The van der Waals surface area contributed by atoms with Crippen LogP contribution in [0.15, 0.2) is 30.5 Å². The van der Waals surface area contributed by atoms with Gasteiger partial charge in [-0.2, -0.15) is 0 Å². The number of aromatic nitrogens is 2. The first kappa shape index (κ1) is 26.6. The van der Waals surface area contributed by atoms with Crippen LogP contribution < -0.4 is 10.6 Å². The van der Waals surface area contributed by atoms with E-state index in [2.05, 4.69) is 36.4 Å². The molecule has 0 saturated carbocycles. The van der Waals surface area contributed by atoms with Crippen LogP contribution in [0.4, 0.5) is 5.69 Å². The summed E-state index contributed by atoms with van der Waals surface area (Å²) < 4.78 is 1.71. The monoisotopic (exact) mass is 502 g/mol. The summed E-state index contributed by atoms with van der Waals surface area (Å²) in [5.41, 5.74) is 1.71. The van der Waals surface area contributed by atoms with Gasteiger partial charge in [-0.1, -0.05) is 38.4 Å². The number of phenolic OH excluding ortho intramolecular Hbond substituents is 1. The topological polar surface area (TPSA) is 103 Å². The highest BCUT2D eigenvalue weighted by atomic mass is 35.5. The third kappa shape index (κ3) is 6.55. The Bertz CT molecular complexity index is 1110. The fourth-order valence-corrected chi connectivity index (χ4v) is 4.20. The lowest BCUT2D eigenvalue weighted by Crippen LogP contribution is -2.60. The maximum atomic E-state index is 12.8. The normalized spacial score (nSPS) is 14.5. The highest BCUT2D eigenvalue weighted by Crippen LogP contribution is 2.37.